The molecular weight excluding hydrogens is 260 g/mol. The Kier molecular flexibility index (Phi) is 4.23. The minimum absolute atomic E-state index is 0.0200. The Morgan fingerprint density at radius 2 is 1.76 bits per heavy atom. The van der Waals surface area contributed by atoms with Crippen molar-refractivity contribution in [2.75, 3.05) is 6.61 Å². The standard InChI is InChI=1S/C18H22N2O/c1-2-21-17-10-8-14(9-11-17)18(20-19)16-7-6-13-4-3-5-15(13)12-16/h6-12,18,20H,2-5,19H2,1H3. The molecule has 1 unspecified atom stereocenters. The Labute approximate surface area is 126 Å². The molecule has 110 valence electrons. The highest BCUT2D eigenvalue weighted by atomic mass is 16.5. The van der Waals surface area contributed by atoms with Gasteiger partial charge in [-0.05, 0) is 60.6 Å². The van der Waals surface area contributed by atoms with Crippen LogP contribution in [0.15, 0.2) is 42.5 Å². The van der Waals surface area contributed by atoms with E-state index in [9.17, 15) is 0 Å². The largest absolute Gasteiger partial charge is 0.494 e. The topological polar surface area (TPSA) is 47.3 Å². The van der Waals surface area contributed by atoms with Crippen molar-refractivity contribution in [3.05, 3.63) is 64.7 Å². The lowest BCUT2D eigenvalue weighted by Gasteiger charge is -2.18. The lowest BCUT2D eigenvalue weighted by Crippen LogP contribution is -2.28. The first-order valence-electron chi connectivity index (χ1n) is 7.62. The maximum Gasteiger partial charge on any atom is 0.119 e. The van der Waals surface area contributed by atoms with E-state index in [-0.39, 0.29) is 6.04 Å². The van der Waals surface area contributed by atoms with Gasteiger partial charge in [-0.2, -0.15) is 0 Å². The summed E-state index contributed by atoms with van der Waals surface area (Å²) in [5.41, 5.74) is 8.27. The minimum Gasteiger partial charge on any atom is -0.494 e. The van der Waals surface area contributed by atoms with Gasteiger partial charge >= 0.3 is 0 Å². The summed E-state index contributed by atoms with van der Waals surface area (Å²) in [5.74, 6) is 6.69. The number of nitrogens with two attached hydrogens (primary N) is 1. The first kappa shape index (κ1) is 14.1. The van der Waals surface area contributed by atoms with Gasteiger partial charge in [-0.15, -0.1) is 0 Å². The van der Waals surface area contributed by atoms with Gasteiger partial charge in [0.2, 0.25) is 0 Å². The second kappa shape index (κ2) is 6.29. The quantitative estimate of drug-likeness (QED) is 0.654. The van der Waals surface area contributed by atoms with Crippen LogP contribution >= 0.6 is 0 Å². The molecule has 0 fully saturated rings. The molecule has 0 amide bonds. The van der Waals surface area contributed by atoms with Crippen LogP contribution in [0.3, 0.4) is 0 Å². The molecule has 3 heteroatoms. The van der Waals surface area contributed by atoms with Crippen LogP contribution in [0.25, 0.3) is 0 Å². The first-order chi connectivity index (χ1) is 10.3. The van der Waals surface area contributed by atoms with Gasteiger partial charge in [0.1, 0.15) is 5.75 Å². The molecule has 0 heterocycles. The Morgan fingerprint density at radius 1 is 1.05 bits per heavy atom. The predicted octanol–water partition coefficient (Wildman–Crippen LogP) is 3.13. The zero-order chi connectivity index (χ0) is 14.7. The molecule has 0 bridgehead atoms. The van der Waals surface area contributed by atoms with E-state index in [2.05, 4.69) is 35.8 Å². The summed E-state index contributed by atoms with van der Waals surface area (Å²) in [4.78, 5) is 0. The molecule has 0 radical (unpaired) electrons. The van der Waals surface area contributed by atoms with Crippen molar-refractivity contribution in [1.82, 2.24) is 5.43 Å². The van der Waals surface area contributed by atoms with Crippen LogP contribution in [0.2, 0.25) is 0 Å². The number of hydrogen-bond acceptors (Lipinski definition) is 3. The number of hydrogen-bond donors (Lipinski definition) is 2. The van der Waals surface area contributed by atoms with Gasteiger partial charge in [0.05, 0.1) is 12.6 Å². The smallest absolute Gasteiger partial charge is 0.119 e. The Morgan fingerprint density at radius 3 is 2.48 bits per heavy atom. The van der Waals surface area contributed by atoms with Crippen LogP contribution < -0.4 is 16.0 Å². The average Bonchev–Trinajstić information content (AvgIpc) is 2.98. The van der Waals surface area contributed by atoms with Gasteiger partial charge in [0.15, 0.2) is 0 Å². The molecule has 3 rings (SSSR count). The number of rotatable bonds is 5. The molecule has 0 saturated heterocycles. The van der Waals surface area contributed by atoms with Crippen molar-refractivity contribution in [2.24, 2.45) is 5.84 Å². The third kappa shape index (κ3) is 2.94. The fraction of sp³-hybridized carbons (Fsp3) is 0.333. The number of fused-ring (bicyclic) bond motifs is 1. The second-order valence-corrected chi connectivity index (χ2v) is 5.48. The summed E-state index contributed by atoms with van der Waals surface area (Å²) in [5, 5.41) is 0. The van der Waals surface area contributed by atoms with Crippen LogP contribution in [0.1, 0.15) is 41.6 Å². The summed E-state index contributed by atoms with van der Waals surface area (Å²) in [6.07, 6.45) is 3.66. The van der Waals surface area contributed by atoms with Gasteiger partial charge in [-0.1, -0.05) is 30.3 Å². The number of hydrazine groups is 1. The normalized spacial score (nSPS) is 14.8. The van der Waals surface area contributed by atoms with E-state index in [1.807, 2.05) is 19.1 Å². The molecule has 3 N–H and O–H groups in total. The lowest BCUT2D eigenvalue weighted by molar-refractivity contribution is 0.340. The Hall–Kier alpha value is -1.84. The fourth-order valence-electron chi connectivity index (χ4n) is 3.08. The maximum absolute atomic E-state index is 5.80. The highest BCUT2D eigenvalue weighted by Crippen LogP contribution is 2.28. The monoisotopic (exact) mass is 282 g/mol. The van der Waals surface area contributed by atoms with E-state index >= 15 is 0 Å². The average molecular weight is 282 g/mol. The SMILES string of the molecule is CCOc1ccc(C(NN)c2ccc3c(c2)CCC3)cc1. The van der Waals surface area contributed by atoms with Crippen LogP contribution in [-0.4, -0.2) is 6.61 Å². The van der Waals surface area contributed by atoms with Gasteiger partial charge in [-0.25, -0.2) is 5.43 Å². The van der Waals surface area contributed by atoms with Crippen molar-refractivity contribution in [3.63, 3.8) is 0 Å². The van der Waals surface area contributed by atoms with Crippen LogP contribution in [0, 0.1) is 0 Å². The first-order valence-corrected chi connectivity index (χ1v) is 7.62. The van der Waals surface area contributed by atoms with Gasteiger partial charge in [0.25, 0.3) is 0 Å². The van der Waals surface area contributed by atoms with Crippen molar-refractivity contribution >= 4 is 0 Å². The van der Waals surface area contributed by atoms with Crippen LogP contribution in [0.5, 0.6) is 5.75 Å². The molecule has 3 nitrogen and oxygen atoms in total. The number of nitrogens with one attached hydrogen (secondary N) is 1. The zero-order valence-corrected chi connectivity index (χ0v) is 12.4. The van der Waals surface area contributed by atoms with Crippen molar-refractivity contribution < 1.29 is 4.74 Å². The van der Waals surface area contributed by atoms with E-state index < -0.39 is 0 Å². The summed E-state index contributed by atoms with van der Waals surface area (Å²) >= 11 is 0. The van der Waals surface area contributed by atoms with Crippen molar-refractivity contribution in [1.29, 1.82) is 0 Å². The molecule has 1 aliphatic carbocycles. The maximum atomic E-state index is 5.80. The highest BCUT2D eigenvalue weighted by molar-refractivity contribution is 5.41. The summed E-state index contributed by atoms with van der Waals surface area (Å²) in [6.45, 7) is 2.67. The third-order valence-electron chi connectivity index (χ3n) is 4.15. The molecule has 0 spiro atoms. The van der Waals surface area contributed by atoms with E-state index in [1.165, 1.54) is 36.0 Å². The molecule has 1 atom stereocenters. The summed E-state index contributed by atoms with van der Waals surface area (Å²) in [6, 6.07) is 14.9. The van der Waals surface area contributed by atoms with Crippen molar-refractivity contribution in [3.8, 4) is 5.75 Å². The zero-order valence-electron chi connectivity index (χ0n) is 12.4. The minimum atomic E-state index is 0.0200. The second-order valence-electron chi connectivity index (χ2n) is 5.48. The van der Waals surface area contributed by atoms with E-state index in [4.69, 9.17) is 10.6 Å². The summed E-state index contributed by atoms with van der Waals surface area (Å²) in [7, 11) is 0. The number of ether oxygens (including phenoxy) is 1. The molecule has 0 aromatic heterocycles. The lowest BCUT2D eigenvalue weighted by atomic mass is 9.96. The molecule has 2 aromatic rings. The van der Waals surface area contributed by atoms with Gasteiger partial charge in [0, 0.05) is 0 Å². The molecule has 21 heavy (non-hydrogen) atoms. The van der Waals surface area contributed by atoms with Crippen molar-refractivity contribution in [2.45, 2.75) is 32.2 Å². The van der Waals surface area contributed by atoms with Gasteiger partial charge in [-0.3, -0.25) is 5.84 Å². The third-order valence-corrected chi connectivity index (χ3v) is 4.15. The highest BCUT2D eigenvalue weighted by Gasteiger charge is 2.16. The van der Waals surface area contributed by atoms with E-state index in [0.29, 0.717) is 6.61 Å². The summed E-state index contributed by atoms with van der Waals surface area (Å²) < 4.78 is 5.49. The number of benzene rings is 2. The molecule has 1 aliphatic rings. The molecule has 0 saturated carbocycles. The van der Waals surface area contributed by atoms with Gasteiger partial charge < -0.3 is 4.74 Å². The number of aryl methyl sites for hydroxylation is 2. The molecule has 0 aliphatic heterocycles. The van der Waals surface area contributed by atoms with Crippen LogP contribution in [-0.2, 0) is 12.8 Å². The fourth-order valence-corrected chi connectivity index (χ4v) is 3.08. The Balaban J connectivity index is 1.87. The van der Waals surface area contributed by atoms with E-state index in [0.717, 1.165) is 11.3 Å². The molecule has 2 aromatic carbocycles. The predicted molar refractivity (Wildman–Crippen MR) is 85.2 cm³/mol. The van der Waals surface area contributed by atoms with E-state index in [1.54, 1.807) is 0 Å². The molecular formula is C18H22N2O. The van der Waals surface area contributed by atoms with Crippen LogP contribution in [0.4, 0.5) is 0 Å². The Bertz CT molecular complexity index is 607.